The molecular formula is C60H84N12O16. The number of cyclic esters (lactones) is 2. The SMILES string of the molecule is Cc1c2oc3c(C)ccc(C(=O)NC4C(=O)NC(C(C)C)C(=O)N(C)CC(=O)N(C)CC(=O)N(C)C(C(C)C)C(=O)OC4C)c3nc-2c(C(=O)NC2C(=O)NC(C(C)C)C(=O)N3CCCC3C(=O)N(C)CC(=O)N(C)C(C(C)C)C(=O)OC2C)c(N)c1=O. The fourth-order valence-corrected chi connectivity index (χ4v) is 11.2. The van der Waals surface area contributed by atoms with Crippen molar-refractivity contribution in [2.75, 3.05) is 67.2 Å². The molecule has 9 unspecified atom stereocenters. The molecule has 1 aliphatic carbocycles. The number of hydrogen-bond acceptors (Lipinski definition) is 18. The number of amides is 10. The van der Waals surface area contributed by atoms with Crippen LogP contribution in [0.15, 0.2) is 21.3 Å². The number of aromatic nitrogens is 1. The van der Waals surface area contributed by atoms with Gasteiger partial charge in [0.1, 0.15) is 65.7 Å². The van der Waals surface area contributed by atoms with Crippen molar-refractivity contribution < 1.29 is 71.4 Å². The Kier molecular flexibility index (Phi) is 21.4. The summed E-state index contributed by atoms with van der Waals surface area (Å²) < 4.78 is 18.2. The van der Waals surface area contributed by atoms with E-state index in [2.05, 4.69) is 21.3 Å². The Hall–Kier alpha value is -8.72. The molecule has 28 heteroatoms. The number of fused-ring (bicyclic) bond motifs is 3. The normalized spacial score (nSPS) is 25.1. The summed E-state index contributed by atoms with van der Waals surface area (Å²) in [5.41, 5.74) is 3.50. The van der Waals surface area contributed by atoms with E-state index in [4.69, 9.17) is 24.6 Å². The van der Waals surface area contributed by atoms with Gasteiger partial charge >= 0.3 is 11.9 Å². The number of esters is 2. The van der Waals surface area contributed by atoms with Crippen LogP contribution in [0.4, 0.5) is 5.69 Å². The maximum atomic E-state index is 15.1. The number of hydrogen-bond donors (Lipinski definition) is 5. The van der Waals surface area contributed by atoms with Crippen molar-refractivity contribution in [1.82, 2.24) is 55.7 Å². The highest BCUT2D eigenvalue weighted by Crippen LogP contribution is 2.35. The van der Waals surface area contributed by atoms with Crippen LogP contribution in [0.1, 0.15) is 114 Å². The molecular weight excluding hydrogens is 1140 g/mol. The number of benzene rings is 2. The van der Waals surface area contributed by atoms with Crippen molar-refractivity contribution in [3.05, 3.63) is 44.6 Å². The van der Waals surface area contributed by atoms with Crippen LogP contribution in [-0.4, -0.2) is 221 Å². The number of likely N-dealkylation sites (N-methyl/N-ethyl adjacent to an activating group) is 5. The summed E-state index contributed by atoms with van der Waals surface area (Å²) in [5, 5.41) is 10.5. The minimum Gasteiger partial charge on any atom is -0.458 e. The molecule has 0 bridgehead atoms. The van der Waals surface area contributed by atoms with Crippen LogP contribution >= 0.6 is 0 Å². The second-order valence-electron chi connectivity index (χ2n) is 24.6. The maximum absolute atomic E-state index is 15.1. The fourth-order valence-electron chi connectivity index (χ4n) is 11.2. The average Bonchev–Trinajstić information content (AvgIpc) is 1.22. The second kappa shape index (κ2) is 27.5. The monoisotopic (exact) mass is 1230 g/mol. The van der Waals surface area contributed by atoms with Crippen LogP contribution in [0.2, 0.25) is 0 Å². The first kappa shape index (κ1) is 68.4. The minimum atomic E-state index is -1.89. The van der Waals surface area contributed by atoms with Crippen molar-refractivity contribution in [2.45, 2.75) is 150 Å². The number of rotatable bonds is 8. The number of nitrogens with zero attached hydrogens (tertiary/aromatic N) is 7. The van der Waals surface area contributed by atoms with E-state index in [0.29, 0.717) is 12.0 Å². The highest BCUT2D eigenvalue weighted by Gasteiger charge is 2.45. The Labute approximate surface area is 510 Å². The lowest BCUT2D eigenvalue weighted by Gasteiger charge is -2.36. The van der Waals surface area contributed by atoms with Gasteiger partial charge in [0.2, 0.25) is 52.7 Å². The van der Waals surface area contributed by atoms with Gasteiger partial charge in [0.05, 0.1) is 36.4 Å². The van der Waals surface area contributed by atoms with Crippen LogP contribution in [-0.2, 0) is 57.4 Å². The topological polar surface area (TPSA) is 360 Å². The van der Waals surface area contributed by atoms with E-state index in [-0.39, 0.29) is 41.0 Å². The molecule has 5 aliphatic rings. The lowest BCUT2D eigenvalue weighted by molar-refractivity contribution is -0.163. The van der Waals surface area contributed by atoms with Gasteiger partial charge in [-0.15, -0.1) is 0 Å². The molecule has 1 aromatic rings. The Balaban J connectivity index is 1.47. The number of carbonyl (C=O) groups excluding carboxylic acids is 12. The first-order chi connectivity index (χ1) is 41.0. The van der Waals surface area contributed by atoms with Crippen LogP contribution in [0.25, 0.3) is 22.6 Å². The Morgan fingerprint density at radius 1 is 0.625 bits per heavy atom. The molecule has 88 heavy (non-hydrogen) atoms. The lowest BCUT2D eigenvalue weighted by Crippen LogP contribution is -2.61. The fraction of sp³-hybridized carbons (Fsp3) is 0.600. The van der Waals surface area contributed by atoms with E-state index in [1.807, 2.05) is 0 Å². The maximum Gasteiger partial charge on any atom is 0.329 e. The van der Waals surface area contributed by atoms with Crippen LogP contribution in [0, 0.1) is 37.5 Å². The van der Waals surface area contributed by atoms with Crippen molar-refractivity contribution in [3.63, 3.8) is 0 Å². The molecule has 10 amide bonds. The summed E-state index contributed by atoms with van der Waals surface area (Å²) in [6.07, 6.45) is -2.40. The summed E-state index contributed by atoms with van der Waals surface area (Å²) in [7, 11) is 6.85. The molecule has 0 saturated carbocycles. The molecule has 6 rings (SSSR count). The van der Waals surface area contributed by atoms with Gasteiger partial charge in [0.25, 0.3) is 11.8 Å². The number of nitrogens with two attached hydrogens (primary N) is 1. The lowest BCUT2D eigenvalue weighted by atomic mass is 9.98. The van der Waals surface area contributed by atoms with Gasteiger partial charge in [-0.1, -0.05) is 61.5 Å². The van der Waals surface area contributed by atoms with Crippen molar-refractivity contribution >= 4 is 87.8 Å². The van der Waals surface area contributed by atoms with Gasteiger partial charge < -0.3 is 70.3 Å². The van der Waals surface area contributed by atoms with E-state index in [9.17, 15) is 57.5 Å². The zero-order valence-corrected chi connectivity index (χ0v) is 53.1. The third-order valence-corrected chi connectivity index (χ3v) is 16.5. The van der Waals surface area contributed by atoms with Crippen molar-refractivity contribution in [1.29, 1.82) is 0 Å². The predicted molar refractivity (Wildman–Crippen MR) is 318 cm³/mol. The molecule has 28 nitrogen and oxygen atoms in total. The zero-order chi connectivity index (χ0) is 66.0. The summed E-state index contributed by atoms with van der Waals surface area (Å²) in [6, 6.07) is -7.00. The third kappa shape index (κ3) is 14.1. The Morgan fingerprint density at radius 3 is 1.59 bits per heavy atom. The highest BCUT2D eigenvalue weighted by molar-refractivity contribution is 6.10. The van der Waals surface area contributed by atoms with Crippen LogP contribution in [0.3, 0.4) is 0 Å². The predicted octanol–water partition coefficient (Wildman–Crippen LogP) is 0.193. The first-order valence-electron chi connectivity index (χ1n) is 29.4. The smallest absolute Gasteiger partial charge is 0.329 e. The average molecular weight is 1230 g/mol. The van der Waals surface area contributed by atoms with Gasteiger partial charge in [0, 0.05) is 47.3 Å². The number of nitrogens with one attached hydrogen (secondary N) is 4. The standard InChI is InChI=1S/C60H84N12O16/c1-26(2)41-57(82)69(15)23-36(73)67(13)24-37(74)70(16)47(28(5)6)59(84)86-32(11)43(54(79)63-41)65-52(77)34-21-20-30(9)50-45(34)62-46-39(40(61)49(76)31(10)51(46)88-50)53(78)66-44-33(12)87-60(85)48(29(7)8)71(17)38(75)25-68(14)56(81)35-19-18-22-72(35)58(83)42(27(3)4)64-55(44)80/h20-21,26-29,32-33,35,41-44,47-48H,18-19,22-25,61H2,1-17H3,(H,63,79)(H,64,80)(H,65,77)(H,66,78). The summed E-state index contributed by atoms with van der Waals surface area (Å²) >= 11 is 0. The number of carbonyl (C=O) groups is 12. The van der Waals surface area contributed by atoms with Crippen LogP contribution in [0.5, 0.6) is 0 Å². The van der Waals surface area contributed by atoms with Gasteiger partial charge in [-0.25, -0.2) is 14.6 Å². The Morgan fingerprint density at radius 2 is 1.09 bits per heavy atom. The first-order valence-corrected chi connectivity index (χ1v) is 29.4. The van der Waals surface area contributed by atoms with Crippen molar-refractivity contribution in [3.8, 4) is 11.5 Å². The van der Waals surface area contributed by atoms with Crippen LogP contribution < -0.4 is 32.4 Å². The van der Waals surface area contributed by atoms with Gasteiger partial charge in [0.15, 0.2) is 11.3 Å². The second-order valence-corrected chi connectivity index (χ2v) is 24.6. The molecule has 9 atom stereocenters. The zero-order valence-electron chi connectivity index (χ0n) is 53.1. The number of anilines is 1. The highest BCUT2D eigenvalue weighted by atomic mass is 16.6. The molecule has 1 aromatic carbocycles. The minimum absolute atomic E-state index is 0.0829. The molecule has 0 aromatic heterocycles. The third-order valence-electron chi connectivity index (χ3n) is 16.5. The van der Waals surface area contributed by atoms with E-state index in [1.54, 1.807) is 62.3 Å². The summed E-state index contributed by atoms with van der Waals surface area (Å²) in [5.74, 6) is -12.7. The van der Waals surface area contributed by atoms with E-state index < -0.39 is 191 Å². The molecule has 480 valence electrons. The number of ether oxygens (including phenoxy) is 2. The summed E-state index contributed by atoms with van der Waals surface area (Å²) in [4.78, 5) is 197. The van der Waals surface area contributed by atoms with Crippen molar-refractivity contribution in [2.24, 2.45) is 23.7 Å². The van der Waals surface area contributed by atoms with Gasteiger partial charge in [-0.2, -0.15) is 0 Å². The van der Waals surface area contributed by atoms with Gasteiger partial charge in [-0.3, -0.25) is 52.7 Å². The number of aryl methyl sites for hydroxylation is 1. The van der Waals surface area contributed by atoms with E-state index >= 15 is 4.79 Å². The molecule has 4 aliphatic heterocycles. The number of nitrogen functional groups attached to an aromatic ring is 1. The quantitative estimate of drug-likeness (QED) is 0.114. The Bertz CT molecular complexity index is 3320. The van der Waals surface area contributed by atoms with Gasteiger partial charge in [-0.05, 0) is 75.8 Å². The molecule has 0 spiro atoms. The molecule has 6 N–H and O–H groups in total. The molecule has 3 fully saturated rings. The summed E-state index contributed by atoms with van der Waals surface area (Å²) in [6.45, 7) is 17.5. The van der Waals surface area contributed by atoms with E-state index in [0.717, 1.165) is 19.6 Å². The molecule has 3 saturated heterocycles. The molecule has 0 radical (unpaired) electrons. The van der Waals surface area contributed by atoms with E-state index in [1.165, 1.54) is 77.9 Å². The molecule has 4 heterocycles. The largest absolute Gasteiger partial charge is 0.458 e.